The van der Waals surface area contributed by atoms with Crippen molar-refractivity contribution in [2.75, 3.05) is 33.9 Å². The summed E-state index contributed by atoms with van der Waals surface area (Å²) in [4.78, 5) is 15.3. The third kappa shape index (κ3) is 4.64. The summed E-state index contributed by atoms with van der Waals surface area (Å²) in [6.45, 7) is 6.42. The number of phenolic OH excluding ortho intramolecular Hbond substituents is 2. The number of ether oxygens (including phenoxy) is 1. The highest BCUT2D eigenvalue weighted by Gasteiger charge is 2.28. The van der Waals surface area contributed by atoms with Gasteiger partial charge in [-0.05, 0) is 47.7 Å². The SMILES string of the molecule is COCCNC(=O)c1noc(-c2cc(C(C)C)c(O)cc2O)c1-c1ccc2c(c1)CCN(C)C2. The number of nitrogens with zero attached hydrogens (tertiary/aromatic N) is 2. The molecule has 2 aromatic carbocycles. The van der Waals surface area contributed by atoms with Crippen molar-refractivity contribution < 1.29 is 24.3 Å². The Morgan fingerprint density at radius 3 is 2.74 bits per heavy atom. The number of phenols is 2. The van der Waals surface area contributed by atoms with Gasteiger partial charge in [0.2, 0.25) is 0 Å². The van der Waals surface area contributed by atoms with E-state index in [0.29, 0.717) is 29.8 Å². The average Bonchev–Trinajstić information content (AvgIpc) is 3.23. The summed E-state index contributed by atoms with van der Waals surface area (Å²) in [6.07, 6.45) is 0.900. The number of benzene rings is 2. The smallest absolute Gasteiger partial charge is 0.274 e. The topological polar surface area (TPSA) is 108 Å². The normalized spacial score (nSPS) is 13.8. The van der Waals surface area contributed by atoms with Crippen LogP contribution in [-0.4, -0.2) is 60.0 Å². The van der Waals surface area contributed by atoms with Crippen molar-refractivity contribution in [2.45, 2.75) is 32.7 Å². The Hall–Kier alpha value is -3.36. The molecule has 0 spiro atoms. The van der Waals surface area contributed by atoms with Gasteiger partial charge in [-0.3, -0.25) is 4.79 Å². The summed E-state index contributed by atoms with van der Waals surface area (Å²) >= 11 is 0. The molecule has 0 saturated heterocycles. The van der Waals surface area contributed by atoms with Crippen molar-refractivity contribution in [1.82, 2.24) is 15.4 Å². The van der Waals surface area contributed by atoms with Crippen LogP contribution in [-0.2, 0) is 17.7 Å². The number of hydrogen-bond donors (Lipinski definition) is 3. The highest BCUT2D eigenvalue weighted by Crippen LogP contribution is 2.43. The van der Waals surface area contributed by atoms with Crippen LogP contribution in [0.15, 0.2) is 34.9 Å². The standard InChI is InChI=1S/C26H31N3O5/c1-15(2)19-12-20(22(31)13-21(19)30)25-23(24(28-34-25)26(32)27-8-10-33-4)17-5-6-18-14-29(3)9-7-16(18)11-17/h5-6,11-13,15,30-31H,7-10,14H2,1-4H3,(H,27,32). The summed E-state index contributed by atoms with van der Waals surface area (Å²) in [5.74, 6) is -0.229. The van der Waals surface area contributed by atoms with E-state index in [1.165, 1.54) is 17.2 Å². The highest BCUT2D eigenvalue weighted by atomic mass is 16.5. The average molecular weight is 466 g/mol. The number of methoxy groups -OCH3 is 1. The molecule has 180 valence electrons. The van der Waals surface area contributed by atoms with Crippen molar-refractivity contribution >= 4 is 5.91 Å². The molecule has 1 aliphatic heterocycles. The maximum Gasteiger partial charge on any atom is 0.274 e. The number of rotatable bonds is 7. The molecule has 8 heteroatoms. The van der Waals surface area contributed by atoms with Gasteiger partial charge in [0.05, 0.1) is 17.7 Å². The Kier molecular flexibility index (Phi) is 6.90. The second-order valence-electron chi connectivity index (χ2n) is 9.04. The van der Waals surface area contributed by atoms with E-state index in [9.17, 15) is 15.0 Å². The van der Waals surface area contributed by atoms with E-state index >= 15 is 0 Å². The van der Waals surface area contributed by atoms with E-state index in [0.717, 1.165) is 25.1 Å². The van der Waals surface area contributed by atoms with Crippen LogP contribution in [0.3, 0.4) is 0 Å². The predicted octanol–water partition coefficient (Wildman–Crippen LogP) is 3.91. The Balaban J connectivity index is 1.86. The second kappa shape index (κ2) is 9.87. The fourth-order valence-corrected chi connectivity index (χ4v) is 4.33. The summed E-state index contributed by atoms with van der Waals surface area (Å²) in [5, 5.41) is 27.9. The molecule has 0 unspecified atom stereocenters. The van der Waals surface area contributed by atoms with Crippen LogP contribution in [0, 0.1) is 0 Å². The number of aromatic nitrogens is 1. The van der Waals surface area contributed by atoms with Crippen LogP contribution in [0.1, 0.15) is 46.9 Å². The molecule has 0 saturated carbocycles. The summed E-state index contributed by atoms with van der Waals surface area (Å²) in [5.41, 5.74) is 4.93. The minimum absolute atomic E-state index is 0.00717. The molecule has 1 amide bonds. The Bertz CT molecular complexity index is 1200. The summed E-state index contributed by atoms with van der Waals surface area (Å²) in [6, 6.07) is 9.10. The molecular weight excluding hydrogens is 434 g/mol. The third-order valence-corrected chi connectivity index (χ3v) is 6.21. The van der Waals surface area contributed by atoms with Gasteiger partial charge in [0, 0.05) is 32.8 Å². The minimum Gasteiger partial charge on any atom is -0.508 e. The van der Waals surface area contributed by atoms with E-state index in [2.05, 4.69) is 34.6 Å². The molecule has 0 atom stereocenters. The van der Waals surface area contributed by atoms with Crippen LogP contribution < -0.4 is 5.32 Å². The molecule has 0 fully saturated rings. The number of likely N-dealkylation sites (N-methyl/N-ethyl adjacent to an activating group) is 1. The predicted molar refractivity (Wildman–Crippen MR) is 129 cm³/mol. The third-order valence-electron chi connectivity index (χ3n) is 6.21. The molecule has 0 radical (unpaired) electrons. The molecule has 8 nitrogen and oxygen atoms in total. The van der Waals surface area contributed by atoms with Crippen LogP contribution in [0.25, 0.3) is 22.5 Å². The molecule has 34 heavy (non-hydrogen) atoms. The molecule has 0 aliphatic carbocycles. The number of carbonyl (C=O) groups excluding carboxylic acids is 1. The van der Waals surface area contributed by atoms with Gasteiger partial charge >= 0.3 is 0 Å². The molecule has 2 heterocycles. The molecule has 3 aromatic rings. The quantitative estimate of drug-likeness (QED) is 0.454. The largest absolute Gasteiger partial charge is 0.508 e. The van der Waals surface area contributed by atoms with Gasteiger partial charge in [-0.1, -0.05) is 37.2 Å². The number of fused-ring (bicyclic) bond motifs is 1. The van der Waals surface area contributed by atoms with Gasteiger partial charge in [0.1, 0.15) is 11.5 Å². The zero-order valence-electron chi connectivity index (χ0n) is 20.0. The lowest BCUT2D eigenvalue weighted by atomic mass is 9.91. The van der Waals surface area contributed by atoms with E-state index in [-0.39, 0.29) is 34.8 Å². The molecule has 0 bridgehead atoms. The fraction of sp³-hybridized carbons (Fsp3) is 0.385. The van der Waals surface area contributed by atoms with Crippen LogP contribution in [0.5, 0.6) is 11.5 Å². The van der Waals surface area contributed by atoms with Crippen molar-refractivity contribution in [3.63, 3.8) is 0 Å². The van der Waals surface area contributed by atoms with Crippen molar-refractivity contribution in [3.8, 4) is 33.9 Å². The molecule has 3 N–H and O–H groups in total. The zero-order chi connectivity index (χ0) is 24.4. The van der Waals surface area contributed by atoms with Gasteiger partial charge in [-0.15, -0.1) is 0 Å². The lowest BCUT2D eigenvalue weighted by Gasteiger charge is -2.25. The van der Waals surface area contributed by atoms with Gasteiger partial charge in [-0.25, -0.2) is 0 Å². The van der Waals surface area contributed by atoms with E-state index in [1.807, 2.05) is 19.9 Å². The van der Waals surface area contributed by atoms with E-state index < -0.39 is 0 Å². The Morgan fingerprint density at radius 1 is 1.21 bits per heavy atom. The lowest BCUT2D eigenvalue weighted by Crippen LogP contribution is -2.27. The second-order valence-corrected chi connectivity index (χ2v) is 9.04. The first-order valence-electron chi connectivity index (χ1n) is 11.4. The zero-order valence-corrected chi connectivity index (χ0v) is 20.0. The van der Waals surface area contributed by atoms with Gasteiger partial charge in [0.25, 0.3) is 5.91 Å². The van der Waals surface area contributed by atoms with Gasteiger partial charge in [-0.2, -0.15) is 0 Å². The monoisotopic (exact) mass is 465 g/mol. The molecular formula is C26H31N3O5. The first-order chi connectivity index (χ1) is 16.3. The highest BCUT2D eigenvalue weighted by molar-refractivity contribution is 6.02. The maximum atomic E-state index is 13.0. The van der Waals surface area contributed by atoms with Gasteiger partial charge < -0.3 is 29.7 Å². The number of hydrogen-bond acceptors (Lipinski definition) is 7. The lowest BCUT2D eigenvalue weighted by molar-refractivity contribution is 0.0928. The van der Waals surface area contributed by atoms with Crippen LogP contribution in [0.2, 0.25) is 0 Å². The van der Waals surface area contributed by atoms with Crippen molar-refractivity contribution in [2.24, 2.45) is 0 Å². The summed E-state index contributed by atoms with van der Waals surface area (Å²) < 4.78 is 10.7. The molecule has 4 rings (SSSR count). The Labute approximate surface area is 199 Å². The first kappa shape index (κ1) is 23.8. The fourth-order valence-electron chi connectivity index (χ4n) is 4.33. The van der Waals surface area contributed by atoms with Crippen molar-refractivity contribution in [1.29, 1.82) is 0 Å². The number of carbonyl (C=O) groups is 1. The van der Waals surface area contributed by atoms with Crippen LogP contribution >= 0.6 is 0 Å². The summed E-state index contributed by atoms with van der Waals surface area (Å²) in [7, 11) is 3.66. The van der Waals surface area contributed by atoms with Crippen molar-refractivity contribution in [3.05, 3.63) is 52.7 Å². The molecule has 1 aliphatic rings. The Morgan fingerprint density at radius 2 is 2.00 bits per heavy atom. The molecule has 1 aromatic heterocycles. The number of nitrogens with one attached hydrogen (secondary N) is 1. The maximum absolute atomic E-state index is 13.0. The van der Waals surface area contributed by atoms with E-state index in [4.69, 9.17) is 9.26 Å². The van der Waals surface area contributed by atoms with Crippen LogP contribution in [0.4, 0.5) is 0 Å². The number of aromatic hydroxyl groups is 2. The minimum atomic E-state index is -0.387. The number of amides is 1. The van der Waals surface area contributed by atoms with Gasteiger partial charge in [0.15, 0.2) is 11.5 Å². The first-order valence-corrected chi connectivity index (χ1v) is 11.4. The van der Waals surface area contributed by atoms with E-state index in [1.54, 1.807) is 13.2 Å².